The largest absolute Gasteiger partial charge is 0.382 e. The Bertz CT molecular complexity index is 279. The Hall–Kier alpha value is -0.570. The van der Waals surface area contributed by atoms with Crippen LogP contribution in [0.3, 0.4) is 0 Å². The van der Waals surface area contributed by atoms with Crippen LogP contribution in [0.2, 0.25) is 0 Å². The fourth-order valence-electron chi connectivity index (χ4n) is 1.43. The van der Waals surface area contributed by atoms with Crippen LogP contribution in [0.15, 0.2) is 24.3 Å². The highest BCUT2D eigenvalue weighted by molar-refractivity contribution is 5.85. The normalized spacial score (nSPS) is 18.6. The predicted octanol–water partition coefficient (Wildman–Crippen LogP) is 1.21. The molecule has 1 aromatic carbocycles. The lowest BCUT2D eigenvalue weighted by atomic mass is 9.88. The monoisotopic (exact) mass is 199 g/mol. The molecule has 0 bridgehead atoms. The molecule has 72 valence electrons. The molecule has 0 aliphatic carbocycles. The van der Waals surface area contributed by atoms with Gasteiger partial charge in [-0.1, -0.05) is 29.8 Å². The van der Waals surface area contributed by atoms with Gasteiger partial charge in [0.1, 0.15) is 5.60 Å². The topological polar surface area (TPSA) is 32.3 Å². The van der Waals surface area contributed by atoms with Crippen molar-refractivity contribution in [3.8, 4) is 0 Å². The zero-order chi connectivity index (χ0) is 8.60. The maximum Gasteiger partial charge on any atom is 0.114 e. The summed E-state index contributed by atoms with van der Waals surface area (Å²) in [7, 11) is 0. The third kappa shape index (κ3) is 1.85. The van der Waals surface area contributed by atoms with Crippen molar-refractivity contribution in [2.75, 3.05) is 13.1 Å². The van der Waals surface area contributed by atoms with Crippen molar-refractivity contribution in [3.63, 3.8) is 0 Å². The molecule has 2 N–H and O–H groups in total. The molecule has 0 radical (unpaired) electrons. The maximum absolute atomic E-state index is 9.91. The average molecular weight is 200 g/mol. The van der Waals surface area contributed by atoms with Crippen molar-refractivity contribution in [1.29, 1.82) is 0 Å². The lowest BCUT2D eigenvalue weighted by Crippen LogP contribution is -2.56. The van der Waals surface area contributed by atoms with E-state index >= 15 is 0 Å². The summed E-state index contributed by atoms with van der Waals surface area (Å²) in [6, 6.07) is 8.06. The summed E-state index contributed by atoms with van der Waals surface area (Å²) in [6.45, 7) is 3.40. The molecular weight excluding hydrogens is 186 g/mol. The molecule has 0 atom stereocenters. The van der Waals surface area contributed by atoms with Gasteiger partial charge in [0, 0.05) is 13.1 Å². The van der Waals surface area contributed by atoms with Gasteiger partial charge in [-0.15, -0.1) is 12.4 Å². The summed E-state index contributed by atoms with van der Waals surface area (Å²) in [6.07, 6.45) is 0. The molecule has 1 aromatic rings. The number of halogens is 1. The van der Waals surface area contributed by atoms with Gasteiger partial charge >= 0.3 is 0 Å². The summed E-state index contributed by atoms with van der Waals surface area (Å²) in [5.41, 5.74) is 1.65. The summed E-state index contributed by atoms with van der Waals surface area (Å²) in [5.74, 6) is 0. The van der Waals surface area contributed by atoms with E-state index < -0.39 is 5.60 Å². The number of benzene rings is 1. The molecule has 1 aliphatic heterocycles. The molecule has 13 heavy (non-hydrogen) atoms. The molecule has 2 rings (SSSR count). The Labute approximate surface area is 84.4 Å². The van der Waals surface area contributed by atoms with Crippen molar-refractivity contribution in [2.24, 2.45) is 0 Å². The van der Waals surface area contributed by atoms with Gasteiger partial charge in [-0.05, 0) is 12.5 Å². The molecule has 3 heteroatoms. The van der Waals surface area contributed by atoms with Gasteiger partial charge in [0.25, 0.3) is 0 Å². The molecule has 0 saturated carbocycles. The van der Waals surface area contributed by atoms with E-state index in [2.05, 4.69) is 5.32 Å². The van der Waals surface area contributed by atoms with Crippen LogP contribution in [-0.4, -0.2) is 18.2 Å². The summed E-state index contributed by atoms with van der Waals surface area (Å²) in [4.78, 5) is 0. The molecule has 0 aromatic heterocycles. The van der Waals surface area contributed by atoms with Crippen LogP contribution in [0.1, 0.15) is 11.1 Å². The van der Waals surface area contributed by atoms with Crippen LogP contribution in [0.4, 0.5) is 0 Å². The van der Waals surface area contributed by atoms with Crippen molar-refractivity contribution in [2.45, 2.75) is 12.5 Å². The van der Waals surface area contributed by atoms with Gasteiger partial charge in [0.2, 0.25) is 0 Å². The number of aryl methyl sites for hydroxylation is 1. The van der Waals surface area contributed by atoms with Gasteiger partial charge in [-0.3, -0.25) is 0 Å². The minimum atomic E-state index is -0.603. The van der Waals surface area contributed by atoms with Crippen molar-refractivity contribution < 1.29 is 5.11 Å². The summed E-state index contributed by atoms with van der Waals surface area (Å²) >= 11 is 0. The van der Waals surface area contributed by atoms with E-state index in [1.165, 1.54) is 5.56 Å². The zero-order valence-corrected chi connectivity index (χ0v) is 8.40. The molecular formula is C10H14ClNO. The van der Waals surface area contributed by atoms with Crippen molar-refractivity contribution >= 4 is 12.4 Å². The van der Waals surface area contributed by atoms with Crippen molar-refractivity contribution in [3.05, 3.63) is 35.4 Å². The summed E-state index contributed by atoms with van der Waals surface area (Å²) < 4.78 is 0. The van der Waals surface area contributed by atoms with Gasteiger partial charge in [-0.25, -0.2) is 0 Å². The third-order valence-corrected chi connectivity index (χ3v) is 2.42. The Morgan fingerprint density at radius 3 is 2.15 bits per heavy atom. The fraction of sp³-hybridized carbons (Fsp3) is 0.400. The Kier molecular flexibility index (Phi) is 2.96. The molecule has 2 nitrogen and oxygen atoms in total. The van der Waals surface area contributed by atoms with E-state index in [0.717, 1.165) is 5.56 Å². The van der Waals surface area contributed by atoms with Gasteiger partial charge < -0.3 is 10.4 Å². The standard InChI is InChI=1S/C10H13NO.ClH/c1-8-2-4-9(5-3-8)10(12)6-11-7-10;/h2-5,11-12H,6-7H2,1H3;1H. The highest BCUT2D eigenvalue weighted by atomic mass is 35.5. The Balaban J connectivity index is 0.000000845. The predicted molar refractivity (Wildman–Crippen MR) is 55.2 cm³/mol. The van der Waals surface area contributed by atoms with Gasteiger partial charge in [0.15, 0.2) is 0 Å². The minimum Gasteiger partial charge on any atom is -0.382 e. The number of nitrogens with one attached hydrogen (secondary N) is 1. The molecule has 1 fully saturated rings. The van der Waals surface area contributed by atoms with E-state index in [0.29, 0.717) is 13.1 Å². The summed E-state index contributed by atoms with van der Waals surface area (Å²) in [5, 5.41) is 13.0. The quantitative estimate of drug-likeness (QED) is 0.713. The first-order valence-corrected chi connectivity index (χ1v) is 4.21. The Morgan fingerprint density at radius 1 is 1.23 bits per heavy atom. The second kappa shape index (κ2) is 3.66. The Morgan fingerprint density at radius 2 is 1.77 bits per heavy atom. The van der Waals surface area contributed by atoms with Crippen LogP contribution in [-0.2, 0) is 5.60 Å². The van der Waals surface area contributed by atoms with E-state index in [-0.39, 0.29) is 12.4 Å². The highest BCUT2D eigenvalue weighted by Gasteiger charge is 2.35. The first kappa shape index (κ1) is 10.5. The second-order valence-electron chi connectivity index (χ2n) is 3.50. The second-order valence-corrected chi connectivity index (χ2v) is 3.50. The van der Waals surface area contributed by atoms with Crippen molar-refractivity contribution in [1.82, 2.24) is 5.32 Å². The van der Waals surface area contributed by atoms with Gasteiger partial charge in [0.05, 0.1) is 0 Å². The molecule has 0 unspecified atom stereocenters. The first-order valence-electron chi connectivity index (χ1n) is 4.21. The molecule has 1 heterocycles. The molecule has 1 aliphatic rings. The van der Waals surface area contributed by atoms with Crippen LogP contribution in [0.5, 0.6) is 0 Å². The van der Waals surface area contributed by atoms with E-state index in [1.807, 2.05) is 31.2 Å². The number of aliphatic hydroxyl groups is 1. The minimum absolute atomic E-state index is 0. The van der Waals surface area contributed by atoms with E-state index in [9.17, 15) is 5.11 Å². The SMILES string of the molecule is Cc1ccc(C2(O)CNC2)cc1.Cl. The molecule has 0 amide bonds. The highest BCUT2D eigenvalue weighted by Crippen LogP contribution is 2.24. The third-order valence-electron chi connectivity index (χ3n) is 2.42. The number of hydrogen-bond donors (Lipinski definition) is 2. The van der Waals surface area contributed by atoms with E-state index in [4.69, 9.17) is 0 Å². The van der Waals surface area contributed by atoms with Crippen LogP contribution < -0.4 is 5.32 Å². The number of hydrogen-bond acceptors (Lipinski definition) is 2. The van der Waals surface area contributed by atoms with Crippen LogP contribution in [0, 0.1) is 6.92 Å². The fourth-order valence-corrected chi connectivity index (χ4v) is 1.43. The number of β-amino-alcohol motifs (C(OH)–C–C–N with tert-alkyl or cyclic N) is 1. The van der Waals surface area contributed by atoms with Crippen LogP contribution >= 0.6 is 12.4 Å². The first-order chi connectivity index (χ1) is 5.71. The molecule has 1 saturated heterocycles. The maximum atomic E-state index is 9.91. The molecule has 0 spiro atoms. The smallest absolute Gasteiger partial charge is 0.114 e. The van der Waals surface area contributed by atoms with E-state index in [1.54, 1.807) is 0 Å². The zero-order valence-electron chi connectivity index (χ0n) is 7.58. The lowest BCUT2D eigenvalue weighted by Gasteiger charge is -2.38. The lowest BCUT2D eigenvalue weighted by molar-refractivity contribution is -0.0146. The van der Waals surface area contributed by atoms with Gasteiger partial charge in [-0.2, -0.15) is 0 Å². The number of rotatable bonds is 1. The van der Waals surface area contributed by atoms with Crippen LogP contribution in [0.25, 0.3) is 0 Å². The average Bonchev–Trinajstić information content (AvgIpc) is 2.02.